The summed E-state index contributed by atoms with van der Waals surface area (Å²) in [7, 11) is 0. The normalized spacial score (nSPS) is 19.0. The van der Waals surface area contributed by atoms with E-state index in [0.29, 0.717) is 36.4 Å². The second kappa shape index (κ2) is 11.5. The summed E-state index contributed by atoms with van der Waals surface area (Å²) in [4.78, 5) is 33.5. The molecule has 3 aliphatic rings. The van der Waals surface area contributed by atoms with E-state index < -0.39 is 24.9 Å². The minimum absolute atomic E-state index is 0.0752. The summed E-state index contributed by atoms with van der Waals surface area (Å²) in [5, 5.41) is 8.29. The SMILES string of the molecule is O=C(CCC(F)(F)F)N1CC=C(c2cccn3nc(Cc4ccc(C(=O)N5CCC6(CCCN6)CC5)cc4)nc23)CC1. The smallest absolute Gasteiger partial charge is 0.339 e. The van der Waals surface area contributed by atoms with Gasteiger partial charge in [0, 0.05) is 61.9 Å². The van der Waals surface area contributed by atoms with Gasteiger partial charge in [-0.3, -0.25) is 9.59 Å². The van der Waals surface area contributed by atoms with Crippen molar-refractivity contribution >= 4 is 23.0 Å². The molecule has 11 heteroatoms. The number of hydrogen-bond donors (Lipinski definition) is 1. The quantitative estimate of drug-likeness (QED) is 0.460. The van der Waals surface area contributed by atoms with Crippen LogP contribution in [0.4, 0.5) is 13.2 Å². The first-order chi connectivity index (χ1) is 20.2. The third-order valence-corrected chi connectivity index (χ3v) is 8.84. The fraction of sp³-hybridized carbons (Fsp3) is 0.484. The Kier molecular flexibility index (Phi) is 7.78. The molecule has 2 aromatic heterocycles. The van der Waals surface area contributed by atoms with Gasteiger partial charge >= 0.3 is 6.18 Å². The number of carbonyl (C=O) groups is 2. The predicted molar refractivity (Wildman–Crippen MR) is 152 cm³/mol. The van der Waals surface area contributed by atoms with Crippen molar-refractivity contribution in [3.8, 4) is 0 Å². The Hall–Kier alpha value is -3.73. The molecule has 6 rings (SSSR count). The molecule has 3 aromatic rings. The fourth-order valence-electron chi connectivity index (χ4n) is 6.39. The lowest BCUT2D eigenvalue weighted by molar-refractivity contribution is -0.148. The van der Waals surface area contributed by atoms with Gasteiger partial charge in [-0.25, -0.2) is 9.50 Å². The molecule has 2 amide bonds. The minimum Gasteiger partial charge on any atom is -0.339 e. The minimum atomic E-state index is -4.34. The van der Waals surface area contributed by atoms with Crippen molar-refractivity contribution in [1.29, 1.82) is 0 Å². The van der Waals surface area contributed by atoms with Gasteiger partial charge in [-0.15, -0.1) is 0 Å². The molecule has 0 unspecified atom stereocenters. The average molecular weight is 581 g/mol. The fourth-order valence-corrected chi connectivity index (χ4v) is 6.39. The average Bonchev–Trinajstić information content (AvgIpc) is 3.62. The molecule has 0 saturated carbocycles. The van der Waals surface area contributed by atoms with Crippen LogP contribution in [-0.2, 0) is 11.2 Å². The van der Waals surface area contributed by atoms with Crippen LogP contribution < -0.4 is 5.32 Å². The molecular weight excluding hydrogens is 545 g/mol. The van der Waals surface area contributed by atoms with E-state index in [2.05, 4.69) is 10.4 Å². The van der Waals surface area contributed by atoms with Gasteiger partial charge < -0.3 is 15.1 Å². The van der Waals surface area contributed by atoms with Gasteiger partial charge in [0.2, 0.25) is 5.91 Å². The zero-order valence-corrected chi connectivity index (χ0v) is 23.5. The third-order valence-electron chi connectivity index (χ3n) is 8.84. The molecule has 222 valence electrons. The summed E-state index contributed by atoms with van der Waals surface area (Å²) in [6, 6.07) is 11.5. The molecular formula is C31H35F3N6O2. The van der Waals surface area contributed by atoms with Crippen LogP contribution in [0, 0.1) is 0 Å². The van der Waals surface area contributed by atoms with Crippen LogP contribution in [0.2, 0.25) is 0 Å². The van der Waals surface area contributed by atoms with Crippen molar-refractivity contribution < 1.29 is 22.8 Å². The van der Waals surface area contributed by atoms with Crippen molar-refractivity contribution in [2.24, 2.45) is 0 Å². The van der Waals surface area contributed by atoms with Gasteiger partial charge in [-0.1, -0.05) is 18.2 Å². The number of piperidine rings is 1. The molecule has 1 aromatic carbocycles. The van der Waals surface area contributed by atoms with Crippen molar-refractivity contribution in [1.82, 2.24) is 29.7 Å². The number of alkyl halides is 3. The van der Waals surface area contributed by atoms with Crippen molar-refractivity contribution in [3.63, 3.8) is 0 Å². The summed E-state index contributed by atoms with van der Waals surface area (Å²) in [6.07, 6.45) is 3.23. The molecule has 2 fully saturated rings. The van der Waals surface area contributed by atoms with Crippen LogP contribution in [0.1, 0.15) is 72.3 Å². The number of benzene rings is 1. The highest BCUT2D eigenvalue weighted by Gasteiger charge is 2.38. The van der Waals surface area contributed by atoms with Crippen molar-refractivity contribution in [2.45, 2.75) is 63.1 Å². The van der Waals surface area contributed by atoms with E-state index in [1.807, 2.05) is 53.6 Å². The number of pyridine rings is 1. The molecule has 0 radical (unpaired) electrons. The lowest BCUT2D eigenvalue weighted by Crippen LogP contribution is -2.51. The van der Waals surface area contributed by atoms with Gasteiger partial charge in [-0.2, -0.15) is 18.3 Å². The predicted octanol–water partition coefficient (Wildman–Crippen LogP) is 4.64. The van der Waals surface area contributed by atoms with E-state index in [-0.39, 0.29) is 18.0 Å². The maximum atomic E-state index is 13.1. The number of amides is 2. The lowest BCUT2D eigenvalue weighted by atomic mass is 9.86. The van der Waals surface area contributed by atoms with Gasteiger partial charge in [0.15, 0.2) is 11.5 Å². The van der Waals surface area contributed by atoms with E-state index in [0.717, 1.165) is 49.2 Å². The first-order valence-corrected chi connectivity index (χ1v) is 14.7. The number of nitrogens with one attached hydrogen (secondary N) is 1. The Morgan fingerprint density at radius 3 is 2.45 bits per heavy atom. The molecule has 3 aliphatic heterocycles. The van der Waals surface area contributed by atoms with E-state index in [1.165, 1.54) is 17.7 Å². The van der Waals surface area contributed by atoms with E-state index in [9.17, 15) is 22.8 Å². The molecule has 2 saturated heterocycles. The molecule has 0 atom stereocenters. The number of halogens is 3. The zero-order valence-electron chi connectivity index (χ0n) is 23.5. The first kappa shape index (κ1) is 28.4. The second-order valence-corrected chi connectivity index (χ2v) is 11.6. The molecule has 8 nitrogen and oxygen atoms in total. The van der Waals surface area contributed by atoms with Crippen LogP contribution in [0.5, 0.6) is 0 Å². The maximum Gasteiger partial charge on any atom is 0.389 e. The monoisotopic (exact) mass is 580 g/mol. The third kappa shape index (κ3) is 6.21. The summed E-state index contributed by atoms with van der Waals surface area (Å²) >= 11 is 0. The zero-order chi connectivity index (χ0) is 29.3. The van der Waals surface area contributed by atoms with Crippen molar-refractivity contribution in [2.75, 3.05) is 32.7 Å². The number of nitrogens with zero attached hydrogens (tertiary/aromatic N) is 5. The molecule has 0 bridgehead atoms. The van der Waals surface area contributed by atoms with Gasteiger partial charge in [0.05, 0.1) is 6.42 Å². The number of fused-ring (bicyclic) bond motifs is 1. The molecule has 1 N–H and O–H groups in total. The van der Waals surface area contributed by atoms with E-state index >= 15 is 0 Å². The number of rotatable bonds is 6. The Morgan fingerprint density at radius 2 is 1.79 bits per heavy atom. The van der Waals surface area contributed by atoms with Gasteiger partial charge in [-0.05, 0) is 74.1 Å². The van der Waals surface area contributed by atoms with E-state index in [4.69, 9.17) is 4.98 Å². The van der Waals surface area contributed by atoms with Crippen LogP contribution in [0.3, 0.4) is 0 Å². The Balaban J connectivity index is 1.09. The topological polar surface area (TPSA) is 82.8 Å². The van der Waals surface area contributed by atoms with Crippen LogP contribution in [0.25, 0.3) is 11.2 Å². The summed E-state index contributed by atoms with van der Waals surface area (Å²) < 4.78 is 39.2. The van der Waals surface area contributed by atoms with Crippen LogP contribution in [-0.4, -0.2) is 80.7 Å². The van der Waals surface area contributed by atoms with Crippen LogP contribution in [0.15, 0.2) is 48.7 Å². The molecule has 0 aliphatic carbocycles. The number of likely N-dealkylation sites (tertiary alicyclic amines) is 1. The highest BCUT2D eigenvalue weighted by atomic mass is 19.4. The number of carbonyl (C=O) groups excluding carboxylic acids is 2. The van der Waals surface area contributed by atoms with E-state index in [1.54, 1.807) is 4.52 Å². The molecule has 5 heterocycles. The second-order valence-electron chi connectivity index (χ2n) is 11.6. The van der Waals surface area contributed by atoms with Gasteiger partial charge in [0.25, 0.3) is 5.91 Å². The molecule has 42 heavy (non-hydrogen) atoms. The summed E-state index contributed by atoms with van der Waals surface area (Å²) in [5.41, 5.74) is 4.51. The molecule has 1 spiro atoms. The van der Waals surface area contributed by atoms with Gasteiger partial charge in [0.1, 0.15) is 0 Å². The summed E-state index contributed by atoms with van der Waals surface area (Å²) in [5.74, 6) is 0.238. The standard InChI is InChI=1S/C31H35F3N6O2/c32-31(33,34)12-8-27(41)38-17-9-23(10-18-38)25-3-1-16-40-28(25)36-26(37-40)21-22-4-6-24(7-5-22)29(42)39-19-13-30(14-20-39)11-2-15-35-30/h1,3-7,9,16,35H,2,8,10-15,17-21H2. The first-order valence-electron chi connectivity index (χ1n) is 14.7. The van der Waals surface area contributed by atoms with Crippen LogP contribution >= 0.6 is 0 Å². The summed E-state index contributed by atoms with van der Waals surface area (Å²) in [6.45, 7) is 3.28. The largest absolute Gasteiger partial charge is 0.389 e. The highest BCUT2D eigenvalue weighted by Crippen LogP contribution is 2.31. The maximum absolute atomic E-state index is 13.1. The number of hydrogen-bond acceptors (Lipinski definition) is 5. The Bertz CT molecular complexity index is 1480. The Morgan fingerprint density at radius 1 is 1.00 bits per heavy atom. The number of aromatic nitrogens is 3. The highest BCUT2D eigenvalue weighted by molar-refractivity contribution is 5.94. The lowest BCUT2D eigenvalue weighted by Gasteiger charge is -2.39. The van der Waals surface area contributed by atoms with Crippen molar-refractivity contribution in [3.05, 3.63) is 71.2 Å². The Labute approximate surface area is 242 Å².